The van der Waals surface area contributed by atoms with E-state index in [0.717, 1.165) is 16.8 Å². The van der Waals surface area contributed by atoms with E-state index >= 15 is 0 Å². The molecule has 0 saturated carbocycles. The van der Waals surface area contributed by atoms with Gasteiger partial charge >= 0.3 is 5.97 Å². The van der Waals surface area contributed by atoms with Crippen LogP contribution in [0.2, 0.25) is 0 Å². The van der Waals surface area contributed by atoms with Crippen LogP contribution in [0, 0.1) is 12.7 Å². The van der Waals surface area contributed by atoms with Gasteiger partial charge in [-0.15, -0.1) is 0 Å². The minimum atomic E-state index is -0.966. The predicted octanol–water partition coefficient (Wildman–Crippen LogP) is 4.21. The Kier molecular flexibility index (Phi) is 4.39. The van der Waals surface area contributed by atoms with Crippen LogP contribution >= 0.6 is 15.9 Å². The van der Waals surface area contributed by atoms with Crippen molar-refractivity contribution in [1.82, 2.24) is 0 Å². The van der Waals surface area contributed by atoms with E-state index in [1.54, 1.807) is 24.3 Å². The van der Waals surface area contributed by atoms with Crippen LogP contribution < -0.4 is 5.32 Å². The maximum Gasteiger partial charge on any atom is 0.335 e. The summed E-state index contributed by atoms with van der Waals surface area (Å²) < 4.78 is 13.9. The van der Waals surface area contributed by atoms with Crippen LogP contribution in [0.5, 0.6) is 0 Å². The number of aryl methyl sites for hydroxylation is 1. The third kappa shape index (κ3) is 3.36. The van der Waals surface area contributed by atoms with E-state index in [2.05, 4.69) is 21.2 Å². The molecule has 0 aromatic heterocycles. The molecule has 0 unspecified atom stereocenters. The molecule has 0 aliphatic heterocycles. The molecular formula is C15H13BrFNO2. The van der Waals surface area contributed by atoms with Gasteiger partial charge in [0.15, 0.2) is 0 Å². The van der Waals surface area contributed by atoms with Gasteiger partial charge in [0.25, 0.3) is 0 Å². The molecule has 2 N–H and O–H groups in total. The van der Waals surface area contributed by atoms with Crippen LogP contribution in [0.15, 0.2) is 40.9 Å². The molecule has 0 atom stereocenters. The highest BCUT2D eigenvalue weighted by Crippen LogP contribution is 2.22. The highest BCUT2D eigenvalue weighted by Gasteiger charge is 2.07. The Bertz CT molecular complexity index is 658. The zero-order valence-electron chi connectivity index (χ0n) is 10.8. The number of rotatable bonds is 4. The van der Waals surface area contributed by atoms with E-state index in [-0.39, 0.29) is 11.4 Å². The lowest BCUT2D eigenvalue weighted by Crippen LogP contribution is -2.04. The molecule has 0 aliphatic rings. The molecule has 20 heavy (non-hydrogen) atoms. The summed E-state index contributed by atoms with van der Waals surface area (Å²) in [5.74, 6) is -1.26. The molecule has 0 aliphatic carbocycles. The van der Waals surface area contributed by atoms with Gasteiger partial charge in [-0.25, -0.2) is 9.18 Å². The fourth-order valence-electron chi connectivity index (χ4n) is 1.80. The summed E-state index contributed by atoms with van der Waals surface area (Å²) in [6.45, 7) is 2.37. The summed E-state index contributed by atoms with van der Waals surface area (Å²) in [6, 6.07) is 9.39. The first-order valence-corrected chi connectivity index (χ1v) is 6.78. The van der Waals surface area contributed by atoms with Gasteiger partial charge in [0, 0.05) is 16.7 Å². The molecule has 3 nitrogen and oxygen atoms in total. The summed E-state index contributed by atoms with van der Waals surface area (Å²) in [5.41, 5.74) is 2.80. The van der Waals surface area contributed by atoms with E-state index in [4.69, 9.17) is 5.11 Å². The highest BCUT2D eigenvalue weighted by molar-refractivity contribution is 9.10. The number of halogens is 2. The molecule has 0 saturated heterocycles. The van der Waals surface area contributed by atoms with Gasteiger partial charge in [-0.1, -0.05) is 28.1 Å². The predicted molar refractivity (Wildman–Crippen MR) is 79.6 cm³/mol. The van der Waals surface area contributed by atoms with Crippen LogP contribution in [0.3, 0.4) is 0 Å². The second-order valence-electron chi connectivity index (χ2n) is 4.42. The van der Waals surface area contributed by atoms with E-state index in [9.17, 15) is 9.18 Å². The van der Waals surface area contributed by atoms with Crippen molar-refractivity contribution in [3.8, 4) is 0 Å². The molecule has 0 amide bonds. The number of anilines is 1. The maximum atomic E-state index is 13.2. The van der Waals surface area contributed by atoms with Crippen molar-refractivity contribution in [2.75, 3.05) is 5.32 Å². The van der Waals surface area contributed by atoms with E-state index in [1.165, 1.54) is 12.1 Å². The van der Waals surface area contributed by atoms with E-state index in [0.29, 0.717) is 11.0 Å². The molecule has 2 aromatic rings. The van der Waals surface area contributed by atoms with Gasteiger partial charge in [-0.3, -0.25) is 0 Å². The van der Waals surface area contributed by atoms with Gasteiger partial charge in [0.2, 0.25) is 0 Å². The van der Waals surface area contributed by atoms with Crippen LogP contribution in [0.25, 0.3) is 0 Å². The minimum absolute atomic E-state index is 0.225. The number of carboxylic acid groups (broad SMARTS) is 1. The fourth-order valence-corrected chi connectivity index (χ4v) is 2.32. The van der Waals surface area contributed by atoms with Gasteiger partial charge in [-0.2, -0.15) is 0 Å². The van der Waals surface area contributed by atoms with Gasteiger partial charge in [0.05, 0.1) is 5.56 Å². The SMILES string of the molecule is Cc1ccc(F)cc1NCc1ccc(C(=O)O)cc1Br. The molecular weight excluding hydrogens is 325 g/mol. The molecule has 2 aromatic carbocycles. The zero-order chi connectivity index (χ0) is 14.7. The third-order valence-electron chi connectivity index (χ3n) is 2.97. The second-order valence-corrected chi connectivity index (χ2v) is 5.28. The maximum absolute atomic E-state index is 13.2. The first-order chi connectivity index (χ1) is 9.47. The summed E-state index contributed by atoms with van der Waals surface area (Å²) in [6.07, 6.45) is 0. The topological polar surface area (TPSA) is 49.3 Å². The minimum Gasteiger partial charge on any atom is -0.478 e. The lowest BCUT2D eigenvalue weighted by Gasteiger charge is -2.11. The fraction of sp³-hybridized carbons (Fsp3) is 0.133. The first kappa shape index (κ1) is 14.5. The number of nitrogens with one attached hydrogen (secondary N) is 1. The zero-order valence-corrected chi connectivity index (χ0v) is 12.4. The van der Waals surface area contributed by atoms with Gasteiger partial charge in [0.1, 0.15) is 5.82 Å². The number of carbonyl (C=O) groups is 1. The molecule has 0 spiro atoms. The van der Waals surface area contributed by atoms with Crippen molar-refractivity contribution < 1.29 is 14.3 Å². The Labute approximate surface area is 124 Å². The molecule has 0 radical (unpaired) electrons. The molecule has 2 rings (SSSR count). The van der Waals surface area contributed by atoms with E-state index < -0.39 is 5.97 Å². The summed E-state index contributed by atoms with van der Waals surface area (Å²) >= 11 is 3.34. The molecule has 5 heteroatoms. The lowest BCUT2D eigenvalue weighted by molar-refractivity contribution is 0.0697. The second kappa shape index (κ2) is 6.05. The Morgan fingerprint density at radius 2 is 2.05 bits per heavy atom. The third-order valence-corrected chi connectivity index (χ3v) is 3.71. The van der Waals surface area contributed by atoms with Crippen LogP contribution in [0.1, 0.15) is 21.5 Å². The molecule has 0 fully saturated rings. The highest BCUT2D eigenvalue weighted by atomic mass is 79.9. The van der Waals surface area contributed by atoms with Crippen molar-refractivity contribution in [2.45, 2.75) is 13.5 Å². The first-order valence-electron chi connectivity index (χ1n) is 5.99. The molecule has 0 bridgehead atoms. The number of carboxylic acids is 1. The van der Waals surface area contributed by atoms with E-state index in [1.807, 2.05) is 6.92 Å². The Hall–Kier alpha value is -1.88. The molecule has 104 valence electrons. The summed E-state index contributed by atoms with van der Waals surface area (Å²) in [7, 11) is 0. The van der Waals surface area contributed by atoms with Gasteiger partial charge in [-0.05, 0) is 42.3 Å². The van der Waals surface area contributed by atoms with Crippen molar-refractivity contribution in [3.05, 3.63) is 63.4 Å². The largest absolute Gasteiger partial charge is 0.478 e. The number of hydrogen-bond acceptors (Lipinski definition) is 2. The van der Waals surface area contributed by atoms with Crippen LogP contribution in [0.4, 0.5) is 10.1 Å². The van der Waals surface area contributed by atoms with Crippen molar-refractivity contribution in [1.29, 1.82) is 0 Å². The summed E-state index contributed by atoms with van der Waals surface area (Å²) in [4.78, 5) is 10.8. The molecule has 0 heterocycles. The lowest BCUT2D eigenvalue weighted by atomic mass is 10.1. The van der Waals surface area contributed by atoms with Crippen LogP contribution in [-0.2, 0) is 6.54 Å². The smallest absolute Gasteiger partial charge is 0.335 e. The standard InChI is InChI=1S/C15H13BrFNO2/c1-9-2-5-12(17)7-14(9)18-8-11-4-3-10(15(19)20)6-13(11)16/h2-7,18H,8H2,1H3,(H,19,20). The quantitative estimate of drug-likeness (QED) is 0.878. The normalized spacial score (nSPS) is 10.3. The average molecular weight is 338 g/mol. The van der Waals surface area contributed by atoms with Crippen LogP contribution in [-0.4, -0.2) is 11.1 Å². The monoisotopic (exact) mass is 337 g/mol. The van der Waals surface area contributed by atoms with Crippen molar-refractivity contribution in [2.24, 2.45) is 0 Å². The van der Waals surface area contributed by atoms with Gasteiger partial charge < -0.3 is 10.4 Å². The summed E-state index contributed by atoms with van der Waals surface area (Å²) in [5, 5.41) is 12.0. The average Bonchev–Trinajstić information content (AvgIpc) is 2.40. The number of aromatic carboxylic acids is 1. The van der Waals surface area contributed by atoms with Crippen molar-refractivity contribution >= 4 is 27.6 Å². The van der Waals surface area contributed by atoms with Crippen molar-refractivity contribution in [3.63, 3.8) is 0 Å². The number of hydrogen-bond donors (Lipinski definition) is 2. The Morgan fingerprint density at radius 3 is 2.70 bits per heavy atom. The Morgan fingerprint density at radius 1 is 1.30 bits per heavy atom. The number of benzene rings is 2. The Balaban J connectivity index is 2.15.